The summed E-state index contributed by atoms with van der Waals surface area (Å²) >= 11 is 5.74. The van der Waals surface area contributed by atoms with Crippen molar-refractivity contribution in [2.24, 2.45) is 0 Å². The van der Waals surface area contributed by atoms with Gasteiger partial charge in [-0.1, -0.05) is 11.6 Å². The molecule has 0 fully saturated rings. The van der Waals surface area contributed by atoms with E-state index in [1.165, 1.54) is 12.1 Å². The number of benzene rings is 1. The number of rotatable bonds is 4. The van der Waals surface area contributed by atoms with Crippen LogP contribution in [-0.4, -0.2) is 16.9 Å². The second kappa shape index (κ2) is 6.36. The van der Waals surface area contributed by atoms with Crippen LogP contribution in [0.5, 0.6) is 0 Å². The average Bonchev–Trinajstić information content (AvgIpc) is 2.74. The predicted octanol–water partition coefficient (Wildman–Crippen LogP) is 4.95. The molecule has 0 aliphatic rings. The lowest BCUT2D eigenvalue weighted by molar-refractivity contribution is 0.101. The molecule has 1 N–H and O–H groups in total. The summed E-state index contributed by atoms with van der Waals surface area (Å²) in [5, 5.41) is 3.03. The van der Waals surface area contributed by atoms with E-state index >= 15 is 0 Å². The van der Waals surface area contributed by atoms with Crippen LogP contribution in [0.3, 0.4) is 0 Å². The number of aromatic nitrogens is 1. The fourth-order valence-corrected chi connectivity index (χ4v) is 3.14. The summed E-state index contributed by atoms with van der Waals surface area (Å²) in [5.74, 6) is -0.480. The van der Waals surface area contributed by atoms with E-state index < -0.39 is 5.82 Å². The number of nitrogens with zero attached hydrogens (tertiary/aromatic N) is 1. The maximum absolute atomic E-state index is 13.1. The number of Topliss-reactive ketones (excluding diaryl/α,β-unsaturated/α-hetero) is 1. The molecule has 1 heterocycles. The van der Waals surface area contributed by atoms with Crippen molar-refractivity contribution in [2.75, 3.05) is 11.9 Å². The Kier molecular flexibility index (Phi) is 4.85. The summed E-state index contributed by atoms with van der Waals surface area (Å²) in [6.45, 7) is 10.4. The molecule has 1 aromatic heterocycles. The monoisotopic (exact) mass is 336 g/mol. The van der Waals surface area contributed by atoms with E-state index in [2.05, 4.69) is 30.7 Å². The lowest BCUT2D eigenvalue weighted by Crippen LogP contribution is -2.24. The Labute approximate surface area is 141 Å². The van der Waals surface area contributed by atoms with Crippen LogP contribution in [0.4, 0.5) is 10.1 Å². The zero-order valence-corrected chi connectivity index (χ0v) is 14.9. The molecule has 0 aliphatic heterocycles. The van der Waals surface area contributed by atoms with Crippen LogP contribution in [0, 0.1) is 19.7 Å². The van der Waals surface area contributed by atoms with E-state index in [1.807, 2.05) is 19.9 Å². The lowest BCUT2D eigenvalue weighted by atomic mass is 10.1. The zero-order chi connectivity index (χ0) is 17.4. The van der Waals surface area contributed by atoms with Crippen LogP contribution in [0.1, 0.15) is 42.5 Å². The van der Waals surface area contributed by atoms with E-state index in [0.717, 1.165) is 11.4 Å². The minimum absolute atomic E-state index is 0.00551. The van der Waals surface area contributed by atoms with E-state index in [0.29, 0.717) is 11.3 Å². The van der Waals surface area contributed by atoms with Gasteiger partial charge in [0.05, 0.1) is 11.6 Å². The SMILES string of the molecule is Cc1cc(C(=O)CNc2ccc(F)c(Cl)c2)c(C)n1C(C)(C)C. The fourth-order valence-electron chi connectivity index (χ4n) is 2.96. The van der Waals surface area contributed by atoms with Gasteiger partial charge in [-0.2, -0.15) is 0 Å². The third-order valence-electron chi connectivity index (χ3n) is 3.78. The Morgan fingerprint density at radius 1 is 1.26 bits per heavy atom. The van der Waals surface area contributed by atoms with Crippen LogP contribution in [-0.2, 0) is 5.54 Å². The van der Waals surface area contributed by atoms with Crippen LogP contribution in [0.15, 0.2) is 24.3 Å². The molecule has 0 atom stereocenters. The smallest absolute Gasteiger partial charge is 0.183 e. The molecule has 0 aliphatic carbocycles. The number of anilines is 1. The molecule has 0 spiro atoms. The van der Waals surface area contributed by atoms with Gasteiger partial charge in [0.1, 0.15) is 5.82 Å². The van der Waals surface area contributed by atoms with Gasteiger partial charge in [0.25, 0.3) is 0 Å². The summed E-state index contributed by atoms with van der Waals surface area (Å²) in [4.78, 5) is 12.5. The van der Waals surface area contributed by atoms with E-state index in [-0.39, 0.29) is 22.9 Å². The molecule has 0 saturated carbocycles. The van der Waals surface area contributed by atoms with Gasteiger partial charge in [0.2, 0.25) is 0 Å². The number of ketones is 1. The van der Waals surface area contributed by atoms with Gasteiger partial charge in [-0.15, -0.1) is 0 Å². The van der Waals surface area contributed by atoms with E-state index in [4.69, 9.17) is 11.6 Å². The number of carbonyl (C=O) groups is 1. The summed E-state index contributed by atoms with van der Waals surface area (Å²) in [7, 11) is 0. The van der Waals surface area contributed by atoms with Crippen molar-refractivity contribution in [3.05, 3.63) is 52.1 Å². The van der Waals surface area contributed by atoms with Crippen molar-refractivity contribution < 1.29 is 9.18 Å². The number of carbonyl (C=O) groups excluding carboxylic acids is 1. The van der Waals surface area contributed by atoms with Gasteiger partial charge in [0, 0.05) is 28.2 Å². The molecule has 124 valence electrons. The minimum atomic E-state index is -0.475. The molecule has 0 unspecified atom stereocenters. The number of hydrogen-bond donors (Lipinski definition) is 1. The molecule has 0 saturated heterocycles. The number of halogens is 2. The minimum Gasteiger partial charge on any atom is -0.378 e. The summed E-state index contributed by atoms with van der Waals surface area (Å²) < 4.78 is 15.3. The Morgan fingerprint density at radius 2 is 1.91 bits per heavy atom. The summed E-state index contributed by atoms with van der Waals surface area (Å²) in [6, 6.07) is 6.23. The first-order valence-corrected chi connectivity index (χ1v) is 7.90. The highest BCUT2D eigenvalue weighted by molar-refractivity contribution is 6.31. The quantitative estimate of drug-likeness (QED) is 0.802. The van der Waals surface area contributed by atoms with Gasteiger partial charge in [-0.25, -0.2) is 4.39 Å². The van der Waals surface area contributed by atoms with Crippen molar-refractivity contribution in [1.29, 1.82) is 0 Å². The first-order chi connectivity index (χ1) is 10.6. The predicted molar refractivity (Wildman–Crippen MR) is 93.1 cm³/mol. The topological polar surface area (TPSA) is 34.0 Å². The maximum Gasteiger partial charge on any atom is 0.183 e. The largest absolute Gasteiger partial charge is 0.378 e. The van der Waals surface area contributed by atoms with Crippen LogP contribution >= 0.6 is 11.6 Å². The molecular weight excluding hydrogens is 315 g/mol. The van der Waals surface area contributed by atoms with Gasteiger partial charge < -0.3 is 9.88 Å². The third kappa shape index (κ3) is 3.75. The first-order valence-electron chi connectivity index (χ1n) is 7.53. The number of aryl methyl sites for hydroxylation is 1. The van der Waals surface area contributed by atoms with Crippen LogP contribution in [0.2, 0.25) is 5.02 Å². The molecule has 0 amide bonds. The normalized spacial score (nSPS) is 11.6. The van der Waals surface area contributed by atoms with Crippen molar-refractivity contribution in [2.45, 2.75) is 40.2 Å². The molecular formula is C18H22ClFN2O. The molecule has 1 aromatic carbocycles. The van der Waals surface area contributed by atoms with Crippen molar-refractivity contribution in [3.63, 3.8) is 0 Å². The Hall–Kier alpha value is -1.81. The maximum atomic E-state index is 13.1. The molecule has 2 aromatic rings. The first kappa shape index (κ1) is 17.5. The summed E-state index contributed by atoms with van der Waals surface area (Å²) in [6.07, 6.45) is 0. The van der Waals surface area contributed by atoms with Gasteiger partial charge >= 0.3 is 0 Å². The number of hydrogen-bond acceptors (Lipinski definition) is 2. The second-order valence-electron chi connectivity index (χ2n) is 6.70. The summed E-state index contributed by atoms with van der Waals surface area (Å²) in [5.41, 5.74) is 3.26. The van der Waals surface area contributed by atoms with Crippen LogP contribution < -0.4 is 5.32 Å². The Morgan fingerprint density at radius 3 is 2.43 bits per heavy atom. The van der Waals surface area contributed by atoms with Crippen molar-refractivity contribution in [1.82, 2.24) is 4.57 Å². The average molecular weight is 337 g/mol. The molecule has 3 nitrogen and oxygen atoms in total. The fraction of sp³-hybridized carbons (Fsp3) is 0.389. The van der Waals surface area contributed by atoms with E-state index in [1.54, 1.807) is 6.07 Å². The lowest BCUT2D eigenvalue weighted by Gasteiger charge is -2.25. The highest BCUT2D eigenvalue weighted by Crippen LogP contribution is 2.25. The second-order valence-corrected chi connectivity index (χ2v) is 7.10. The molecule has 0 bridgehead atoms. The van der Waals surface area contributed by atoms with Gasteiger partial charge in [0.15, 0.2) is 5.78 Å². The van der Waals surface area contributed by atoms with Gasteiger partial charge in [-0.3, -0.25) is 4.79 Å². The highest BCUT2D eigenvalue weighted by atomic mass is 35.5. The van der Waals surface area contributed by atoms with E-state index in [9.17, 15) is 9.18 Å². The molecule has 0 radical (unpaired) electrons. The van der Waals surface area contributed by atoms with Crippen molar-refractivity contribution >= 4 is 23.1 Å². The third-order valence-corrected chi connectivity index (χ3v) is 4.06. The molecule has 2 rings (SSSR count). The Balaban J connectivity index is 2.17. The number of nitrogens with one attached hydrogen (secondary N) is 1. The van der Waals surface area contributed by atoms with Crippen molar-refractivity contribution in [3.8, 4) is 0 Å². The molecule has 5 heteroatoms. The molecule has 23 heavy (non-hydrogen) atoms. The standard InChI is InChI=1S/C18H22ClFN2O/c1-11-8-14(12(2)22(11)18(3,4)5)17(23)10-21-13-6-7-16(20)15(19)9-13/h6-9,21H,10H2,1-5H3. The van der Waals surface area contributed by atoms with Gasteiger partial charge in [-0.05, 0) is 58.9 Å². The van der Waals surface area contributed by atoms with Crippen LogP contribution in [0.25, 0.3) is 0 Å². The zero-order valence-electron chi connectivity index (χ0n) is 14.1. The highest BCUT2D eigenvalue weighted by Gasteiger charge is 2.22. The Bertz CT molecular complexity index is 744.